The van der Waals surface area contributed by atoms with Gasteiger partial charge < -0.3 is 10.6 Å². The van der Waals surface area contributed by atoms with Gasteiger partial charge in [0, 0.05) is 23.8 Å². The molecule has 2 fully saturated rings. The number of carbonyl (C=O) groups is 2. The number of benzene rings is 1. The largest absolute Gasteiger partial charge is 0.352 e. The lowest BCUT2D eigenvalue weighted by Crippen LogP contribution is -2.51. The molecule has 7 heteroatoms. The van der Waals surface area contributed by atoms with Crippen LogP contribution in [0.15, 0.2) is 42.6 Å². The molecule has 6 nitrogen and oxygen atoms in total. The maximum Gasteiger partial charge on any atom is 0.253 e. The van der Waals surface area contributed by atoms with Gasteiger partial charge in [-0.15, -0.1) is 0 Å². The van der Waals surface area contributed by atoms with Gasteiger partial charge in [-0.3, -0.25) is 19.5 Å². The molecule has 0 bridgehead atoms. The minimum absolute atomic E-state index is 0.0102. The first-order valence-electron chi connectivity index (χ1n) is 11.5. The van der Waals surface area contributed by atoms with Crippen molar-refractivity contribution in [3.63, 3.8) is 0 Å². The first-order valence-corrected chi connectivity index (χ1v) is 11.5. The van der Waals surface area contributed by atoms with Crippen molar-refractivity contribution in [1.29, 1.82) is 0 Å². The number of amides is 2. The van der Waals surface area contributed by atoms with Crippen molar-refractivity contribution < 1.29 is 14.0 Å². The first-order chi connectivity index (χ1) is 15.5. The Morgan fingerprint density at radius 2 is 1.75 bits per heavy atom. The Hall–Kier alpha value is -2.80. The number of piperidine rings is 1. The van der Waals surface area contributed by atoms with Crippen LogP contribution >= 0.6 is 0 Å². The van der Waals surface area contributed by atoms with Crippen LogP contribution in [0, 0.1) is 5.82 Å². The SMILES string of the molecule is CN1CCCCC1C(=O)NC1CCC(NC(=O)c2ccc(-c3cccc(F)c3)nc2)CC1. The van der Waals surface area contributed by atoms with Gasteiger partial charge >= 0.3 is 0 Å². The van der Waals surface area contributed by atoms with E-state index in [0.29, 0.717) is 16.8 Å². The van der Waals surface area contributed by atoms with Crippen LogP contribution in [-0.2, 0) is 4.79 Å². The van der Waals surface area contributed by atoms with Gasteiger partial charge in [0.05, 0.1) is 17.3 Å². The second kappa shape index (κ2) is 10.2. The topological polar surface area (TPSA) is 74.3 Å². The zero-order valence-corrected chi connectivity index (χ0v) is 18.5. The van der Waals surface area contributed by atoms with Gasteiger partial charge in [-0.05, 0) is 76.4 Å². The molecule has 1 saturated heterocycles. The van der Waals surface area contributed by atoms with E-state index in [1.54, 1.807) is 24.3 Å². The fraction of sp³-hybridized carbons (Fsp3) is 0.480. The second-order valence-corrected chi connectivity index (χ2v) is 8.97. The lowest BCUT2D eigenvalue weighted by atomic mass is 9.90. The van der Waals surface area contributed by atoms with Crippen LogP contribution in [-0.4, -0.2) is 53.4 Å². The molecule has 1 aromatic carbocycles. The summed E-state index contributed by atoms with van der Waals surface area (Å²) in [5.41, 5.74) is 1.79. The van der Waals surface area contributed by atoms with E-state index in [9.17, 15) is 14.0 Å². The zero-order valence-electron chi connectivity index (χ0n) is 18.5. The fourth-order valence-electron chi connectivity index (χ4n) is 4.70. The highest BCUT2D eigenvalue weighted by Gasteiger charge is 2.29. The third-order valence-electron chi connectivity index (χ3n) is 6.63. The Labute approximate surface area is 188 Å². The van der Waals surface area contributed by atoms with Crippen molar-refractivity contribution in [3.8, 4) is 11.3 Å². The molecule has 2 N–H and O–H groups in total. The summed E-state index contributed by atoms with van der Waals surface area (Å²) in [5.74, 6) is -0.326. The van der Waals surface area contributed by atoms with Crippen LogP contribution in [0.3, 0.4) is 0 Å². The molecule has 32 heavy (non-hydrogen) atoms. The Morgan fingerprint density at radius 1 is 1.00 bits per heavy atom. The minimum Gasteiger partial charge on any atom is -0.352 e. The van der Waals surface area contributed by atoms with Crippen LogP contribution in [0.25, 0.3) is 11.3 Å². The van der Waals surface area contributed by atoms with Crippen molar-refractivity contribution >= 4 is 11.8 Å². The molecular formula is C25H31FN4O2. The van der Waals surface area contributed by atoms with E-state index < -0.39 is 0 Å². The van der Waals surface area contributed by atoms with Gasteiger partial charge in [0.1, 0.15) is 5.82 Å². The molecular weight excluding hydrogens is 407 g/mol. The lowest BCUT2D eigenvalue weighted by Gasteiger charge is -2.34. The van der Waals surface area contributed by atoms with Crippen molar-refractivity contribution in [1.82, 2.24) is 20.5 Å². The number of hydrogen-bond donors (Lipinski definition) is 2. The van der Waals surface area contributed by atoms with Crippen molar-refractivity contribution in [3.05, 3.63) is 54.0 Å². The maximum atomic E-state index is 13.4. The predicted octanol–water partition coefficient (Wildman–Crippen LogP) is 3.53. The van der Waals surface area contributed by atoms with Gasteiger partial charge in [-0.1, -0.05) is 18.6 Å². The van der Waals surface area contributed by atoms with E-state index in [-0.39, 0.29) is 35.8 Å². The molecule has 1 atom stereocenters. The summed E-state index contributed by atoms with van der Waals surface area (Å²) >= 11 is 0. The van der Waals surface area contributed by atoms with Gasteiger partial charge in [0.2, 0.25) is 5.91 Å². The fourth-order valence-corrected chi connectivity index (χ4v) is 4.70. The van der Waals surface area contributed by atoms with Gasteiger partial charge in [-0.25, -0.2) is 4.39 Å². The average Bonchev–Trinajstić information content (AvgIpc) is 2.80. The summed E-state index contributed by atoms with van der Waals surface area (Å²) < 4.78 is 13.4. The van der Waals surface area contributed by atoms with Gasteiger partial charge in [0.15, 0.2) is 0 Å². The molecule has 1 unspecified atom stereocenters. The van der Waals surface area contributed by atoms with Crippen molar-refractivity contribution in [2.24, 2.45) is 0 Å². The maximum absolute atomic E-state index is 13.4. The Morgan fingerprint density at radius 3 is 2.41 bits per heavy atom. The second-order valence-electron chi connectivity index (χ2n) is 8.97. The number of rotatable bonds is 5. The number of hydrogen-bond acceptors (Lipinski definition) is 4. The van der Waals surface area contributed by atoms with Crippen molar-refractivity contribution in [2.45, 2.75) is 63.1 Å². The minimum atomic E-state index is -0.316. The molecule has 0 spiro atoms. The summed E-state index contributed by atoms with van der Waals surface area (Å²) in [6.45, 7) is 0.981. The summed E-state index contributed by atoms with van der Waals surface area (Å²) in [7, 11) is 2.02. The smallest absolute Gasteiger partial charge is 0.253 e. The highest BCUT2D eigenvalue weighted by atomic mass is 19.1. The quantitative estimate of drug-likeness (QED) is 0.749. The molecule has 2 aliphatic rings. The number of likely N-dealkylation sites (tertiary alicyclic amines) is 1. The molecule has 2 amide bonds. The third-order valence-corrected chi connectivity index (χ3v) is 6.63. The molecule has 2 heterocycles. The van der Waals surface area contributed by atoms with Crippen LogP contribution in [0.5, 0.6) is 0 Å². The molecule has 1 aromatic heterocycles. The van der Waals surface area contributed by atoms with Crippen LogP contribution in [0.4, 0.5) is 4.39 Å². The van der Waals surface area contributed by atoms with Crippen molar-refractivity contribution in [2.75, 3.05) is 13.6 Å². The Kier molecular flexibility index (Phi) is 7.15. The molecule has 1 aliphatic heterocycles. The number of likely N-dealkylation sites (N-methyl/N-ethyl adjacent to an activating group) is 1. The van der Waals surface area contributed by atoms with Crippen LogP contribution in [0.1, 0.15) is 55.3 Å². The monoisotopic (exact) mass is 438 g/mol. The Bertz CT molecular complexity index is 941. The van der Waals surface area contributed by atoms with E-state index in [0.717, 1.165) is 51.5 Å². The van der Waals surface area contributed by atoms with E-state index in [4.69, 9.17) is 0 Å². The highest BCUT2D eigenvalue weighted by molar-refractivity contribution is 5.94. The summed E-state index contributed by atoms with van der Waals surface area (Å²) in [4.78, 5) is 31.7. The average molecular weight is 439 g/mol. The number of nitrogens with one attached hydrogen (secondary N) is 2. The van der Waals surface area contributed by atoms with E-state index >= 15 is 0 Å². The highest BCUT2D eigenvalue weighted by Crippen LogP contribution is 2.22. The molecule has 0 radical (unpaired) electrons. The van der Waals surface area contributed by atoms with Crippen LogP contribution < -0.4 is 10.6 Å². The summed E-state index contributed by atoms with van der Waals surface area (Å²) in [6, 6.07) is 9.95. The van der Waals surface area contributed by atoms with E-state index in [1.807, 2.05) is 7.05 Å². The zero-order chi connectivity index (χ0) is 22.5. The molecule has 1 aliphatic carbocycles. The van der Waals surface area contributed by atoms with Gasteiger partial charge in [-0.2, -0.15) is 0 Å². The molecule has 170 valence electrons. The molecule has 2 aromatic rings. The third kappa shape index (κ3) is 5.51. The summed E-state index contributed by atoms with van der Waals surface area (Å²) in [5, 5.41) is 6.31. The van der Waals surface area contributed by atoms with E-state index in [1.165, 1.54) is 18.3 Å². The number of carbonyl (C=O) groups excluding carboxylic acids is 2. The first kappa shape index (κ1) is 22.4. The predicted molar refractivity (Wildman–Crippen MR) is 122 cm³/mol. The molecule has 1 saturated carbocycles. The normalized spacial score (nSPS) is 24.0. The molecule has 4 rings (SSSR count). The summed E-state index contributed by atoms with van der Waals surface area (Å²) in [6.07, 6.45) is 8.14. The van der Waals surface area contributed by atoms with Gasteiger partial charge in [0.25, 0.3) is 5.91 Å². The Balaban J connectivity index is 1.25. The van der Waals surface area contributed by atoms with Crippen LogP contribution in [0.2, 0.25) is 0 Å². The van der Waals surface area contributed by atoms with E-state index in [2.05, 4.69) is 20.5 Å². The standard InChI is InChI=1S/C25H31FN4O2/c1-30-14-3-2-7-23(30)25(32)29-21-11-9-20(10-12-21)28-24(31)18-8-13-22(27-16-18)17-5-4-6-19(26)15-17/h4-6,8,13,15-16,20-21,23H,2-3,7,9-12,14H2,1H3,(H,28,31)(H,29,32). The number of halogens is 1. The number of nitrogens with zero attached hydrogens (tertiary/aromatic N) is 2. The lowest BCUT2D eigenvalue weighted by molar-refractivity contribution is -0.128. The number of aromatic nitrogens is 1. The number of pyridine rings is 1.